The molecule has 1 aromatic carbocycles. The second kappa shape index (κ2) is 7.84. The molecule has 128 valence electrons. The Kier molecular flexibility index (Phi) is 5.56. The molecule has 0 spiro atoms. The maximum Gasteiger partial charge on any atom is 0.220 e. The van der Waals surface area contributed by atoms with Gasteiger partial charge in [-0.2, -0.15) is 0 Å². The minimum atomic E-state index is 0.0833. The van der Waals surface area contributed by atoms with Crippen LogP contribution in [0.2, 0.25) is 5.02 Å². The van der Waals surface area contributed by atoms with Crippen molar-refractivity contribution < 1.29 is 9.21 Å². The lowest BCUT2D eigenvalue weighted by Gasteiger charge is -2.29. The number of hydrogen-bond acceptors (Lipinski definition) is 3. The number of amides is 1. The predicted octanol–water partition coefficient (Wildman–Crippen LogP) is 4.62. The summed E-state index contributed by atoms with van der Waals surface area (Å²) < 4.78 is 5.74. The van der Waals surface area contributed by atoms with Gasteiger partial charge < -0.3 is 9.73 Å². The third-order valence-corrected chi connectivity index (χ3v) is 4.96. The van der Waals surface area contributed by atoms with Gasteiger partial charge in [0.15, 0.2) is 11.7 Å². The summed E-state index contributed by atoms with van der Waals surface area (Å²) in [6.07, 6.45) is 7.39. The number of carbonyl (C=O) groups excluding carboxylic acids is 1. The zero-order valence-corrected chi connectivity index (χ0v) is 14.7. The van der Waals surface area contributed by atoms with Crippen LogP contribution in [0.15, 0.2) is 34.9 Å². The van der Waals surface area contributed by atoms with E-state index >= 15 is 0 Å². The highest BCUT2D eigenvalue weighted by molar-refractivity contribution is 6.30. The Labute approximate surface area is 147 Å². The van der Waals surface area contributed by atoms with Gasteiger partial charge in [0.2, 0.25) is 5.91 Å². The Morgan fingerprint density at radius 3 is 2.79 bits per heavy atom. The van der Waals surface area contributed by atoms with Crippen molar-refractivity contribution >= 4 is 17.5 Å². The molecular weight excluding hydrogens is 324 g/mol. The highest BCUT2D eigenvalue weighted by Crippen LogP contribution is 2.24. The van der Waals surface area contributed by atoms with Crippen LogP contribution in [0.5, 0.6) is 0 Å². The standard InChI is InChI=1S/C19H23ClN2O2/c1-13-4-2-3-5-16(13)22-18(23)10-11-19-21-12-17(24-19)14-6-8-15(20)9-7-14/h6-9,12-13,16H,2-5,10-11H2,1H3,(H,22,23). The number of carbonyl (C=O) groups is 1. The van der Waals surface area contributed by atoms with E-state index in [0.29, 0.717) is 41.5 Å². The molecule has 0 saturated heterocycles. The summed E-state index contributed by atoms with van der Waals surface area (Å²) in [7, 11) is 0. The molecule has 1 aliphatic carbocycles. The normalized spacial score (nSPS) is 20.8. The van der Waals surface area contributed by atoms with Gasteiger partial charge in [-0.3, -0.25) is 4.79 Å². The van der Waals surface area contributed by atoms with Crippen LogP contribution < -0.4 is 5.32 Å². The lowest BCUT2D eigenvalue weighted by molar-refractivity contribution is -0.122. The van der Waals surface area contributed by atoms with Crippen molar-refractivity contribution in [3.63, 3.8) is 0 Å². The quantitative estimate of drug-likeness (QED) is 0.859. The second-order valence-corrected chi connectivity index (χ2v) is 7.00. The molecule has 1 saturated carbocycles. The van der Waals surface area contributed by atoms with Gasteiger partial charge in [-0.25, -0.2) is 4.98 Å². The number of benzene rings is 1. The van der Waals surface area contributed by atoms with E-state index in [1.54, 1.807) is 6.20 Å². The highest BCUT2D eigenvalue weighted by Gasteiger charge is 2.22. The van der Waals surface area contributed by atoms with E-state index in [2.05, 4.69) is 17.2 Å². The van der Waals surface area contributed by atoms with Crippen molar-refractivity contribution in [2.45, 2.75) is 51.5 Å². The zero-order valence-electron chi connectivity index (χ0n) is 13.9. The van der Waals surface area contributed by atoms with Gasteiger partial charge in [0, 0.05) is 29.5 Å². The molecule has 1 heterocycles. The molecule has 24 heavy (non-hydrogen) atoms. The van der Waals surface area contributed by atoms with Crippen molar-refractivity contribution in [2.75, 3.05) is 0 Å². The highest BCUT2D eigenvalue weighted by atomic mass is 35.5. The largest absolute Gasteiger partial charge is 0.441 e. The van der Waals surface area contributed by atoms with E-state index in [1.165, 1.54) is 19.3 Å². The number of hydrogen-bond donors (Lipinski definition) is 1. The maximum absolute atomic E-state index is 12.1. The smallest absolute Gasteiger partial charge is 0.220 e. The Morgan fingerprint density at radius 2 is 2.04 bits per heavy atom. The molecule has 5 heteroatoms. The number of halogens is 1. The topological polar surface area (TPSA) is 55.1 Å². The average Bonchev–Trinajstić information content (AvgIpc) is 3.05. The minimum Gasteiger partial charge on any atom is -0.441 e. The first-order valence-electron chi connectivity index (χ1n) is 8.62. The van der Waals surface area contributed by atoms with Crippen molar-refractivity contribution in [1.82, 2.24) is 10.3 Å². The monoisotopic (exact) mass is 346 g/mol. The van der Waals surface area contributed by atoms with Crippen molar-refractivity contribution in [2.24, 2.45) is 5.92 Å². The summed E-state index contributed by atoms with van der Waals surface area (Å²) in [5.74, 6) is 1.94. The summed E-state index contributed by atoms with van der Waals surface area (Å²) in [4.78, 5) is 16.4. The fourth-order valence-corrected chi connectivity index (χ4v) is 3.33. The van der Waals surface area contributed by atoms with Gasteiger partial charge in [-0.05, 0) is 43.0 Å². The van der Waals surface area contributed by atoms with Crippen LogP contribution in [-0.2, 0) is 11.2 Å². The summed E-state index contributed by atoms with van der Waals surface area (Å²) in [5, 5.41) is 3.85. The Morgan fingerprint density at radius 1 is 1.29 bits per heavy atom. The second-order valence-electron chi connectivity index (χ2n) is 6.56. The summed E-state index contributed by atoms with van der Waals surface area (Å²) in [6.45, 7) is 2.22. The number of aryl methyl sites for hydroxylation is 1. The molecule has 3 rings (SSSR count). The van der Waals surface area contributed by atoms with Crippen molar-refractivity contribution in [3.05, 3.63) is 41.4 Å². The number of aromatic nitrogens is 1. The first kappa shape index (κ1) is 17.0. The molecule has 0 radical (unpaired) electrons. The maximum atomic E-state index is 12.1. The van der Waals surface area contributed by atoms with Gasteiger partial charge in [0.25, 0.3) is 0 Å². The summed E-state index contributed by atoms with van der Waals surface area (Å²) >= 11 is 5.89. The molecule has 1 aromatic heterocycles. The number of rotatable bonds is 5. The summed E-state index contributed by atoms with van der Waals surface area (Å²) in [6, 6.07) is 7.74. The number of nitrogens with zero attached hydrogens (tertiary/aromatic N) is 1. The Balaban J connectivity index is 1.51. The van der Waals surface area contributed by atoms with E-state index in [1.807, 2.05) is 24.3 Å². The molecule has 1 N–H and O–H groups in total. The zero-order chi connectivity index (χ0) is 16.9. The lowest BCUT2D eigenvalue weighted by atomic mass is 9.86. The molecule has 1 aliphatic rings. The van der Waals surface area contributed by atoms with Gasteiger partial charge in [-0.15, -0.1) is 0 Å². The molecule has 1 fully saturated rings. The molecular formula is C19H23ClN2O2. The van der Waals surface area contributed by atoms with Gasteiger partial charge >= 0.3 is 0 Å². The van der Waals surface area contributed by atoms with Gasteiger partial charge in [-0.1, -0.05) is 31.4 Å². The number of nitrogens with one attached hydrogen (secondary N) is 1. The fraction of sp³-hybridized carbons (Fsp3) is 0.474. The van der Waals surface area contributed by atoms with Gasteiger partial charge in [0.05, 0.1) is 6.20 Å². The Hall–Kier alpha value is -1.81. The molecule has 2 aromatic rings. The van der Waals surface area contributed by atoms with Crippen LogP contribution in [-0.4, -0.2) is 16.9 Å². The van der Waals surface area contributed by atoms with Crippen LogP contribution >= 0.6 is 11.6 Å². The van der Waals surface area contributed by atoms with Crippen LogP contribution in [0, 0.1) is 5.92 Å². The van der Waals surface area contributed by atoms with Crippen LogP contribution in [0.3, 0.4) is 0 Å². The van der Waals surface area contributed by atoms with Crippen LogP contribution in [0.4, 0.5) is 0 Å². The SMILES string of the molecule is CC1CCCCC1NC(=O)CCc1ncc(-c2ccc(Cl)cc2)o1. The van der Waals surface area contributed by atoms with E-state index in [4.69, 9.17) is 16.0 Å². The Bertz CT molecular complexity index is 681. The third-order valence-electron chi connectivity index (χ3n) is 4.71. The van der Waals surface area contributed by atoms with E-state index in [0.717, 1.165) is 12.0 Å². The van der Waals surface area contributed by atoms with E-state index in [9.17, 15) is 4.79 Å². The summed E-state index contributed by atoms with van der Waals surface area (Å²) in [5.41, 5.74) is 0.929. The van der Waals surface area contributed by atoms with E-state index < -0.39 is 0 Å². The lowest BCUT2D eigenvalue weighted by Crippen LogP contribution is -2.41. The minimum absolute atomic E-state index is 0.0833. The van der Waals surface area contributed by atoms with Crippen LogP contribution in [0.1, 0.15) is 44.9 Å². The first-order valence-corrected chi connectivity index (χ1v) is 8.99. The molecule has 0 bridgehead atoms. The van der Waals surface area contributed by atoms with Crippen molar-refractivity contribution in [3.8, 4) is 11.3 Å². The predicted molar refractivity (Wildman–Crippen MR) is 94.8 cm³/mol. The molecule has 2 atom stereocenters. The molecule has 2 unspecified atom stereocenters. The molecule has 4 nitrogen and oxygen atoms in total. The third kappa shape index (κ3) is 4.38. The van der Waals surface area contributed by atoms with Gasteiger partial charge in [0.1, 0.15) is 0 Å². The van der Waals surface area contributed by atoms with E-state index in [-0.39, 0.29) is 5.91 Å². The van der Waals surface area contributed by atoms with Crippen molar-refractivity contribution in [1.29, 1.82) is 0 Å². The first-order chi connectivity index (χ1) is 11.6. The molecule has 1 amide bonds. The fourth-order valence-electron chi connectivity index (χ4n) is 3.20. The van der Waals surface area contributed by atoms with Crippen LogP contribution in [0.25, 0.3) is 11.3 Å². The number of oxazole rings is 1. The average molecular weight is 347 g/mol. The molecule has 0 aliphatic heterocycles.